The van der Waals surface area contributed by atoms with E-state index in [1.54, 1.807) is 28.9 Å². The van der Waals surface area contributed by atoms with Gasteiger partial charge in [0.2, 0.25) is 0 Å². The van der Waals surface area contributed by atoms with E-state index in [2.05, 4.69) is 10.4 Å². The molecule has 4 rings (SSSR count). The average Bonchev–Trinajstić information content (AvgIpc) is 3.17. The standard InChI is InChI=1S/C17H19N3O5S/c1-11-8-14(19-20(11)13-4-7-26(22,23)10-13)17(21)18-12-2-3-15-16(9-12)25-6-5-24-15/h2-3,8-9,13H,4-7,10H2,1H3,(H,18,21). The van der Waals surface area contributed by atoms with Gasteiger partial charge < -0.3 is 14.8 Å². The SMILES string of the molecule is Cc1cc(C(=O)Nc2ccc3c(c2)OCCO3)nn1C1CCS(=O)(=O)C1. The molecular formula is C17H19N3O5S. The van der Waals surface area contributed by atoms with E-state index in [0.29, 0.717) is 36.8 Å². The van der Waals surface area contributed by atoms with Gasteiger partial charge in [-0.3, -0.25) is 9.48 Å². The van der Waals surface area contributed by atoms with E-state index in [-0.39, 0.29) is 29.1 Å². The van der Waals surface area contributed by atoms with Gasteiger partial charge in [0, 0.05) is 17.4 Å². The fourth-order valence-corrected chi connectivity index (χ4v) is 4.94. The zero-order chi connectivity index (χ0) is 18.3. The second-order valence-corrected chi connectivity index (χ2v) is 8.71. The minimum absolute atomic E-state index is 0.0682. The van der Waals surface area contributed by atoms with E-state index in [1.165, 1.54) is 0 Å². The Labute approximate surface area is 151 Å². The summed E-state index contributed by atoms with van der Waals surface area (Å²) in [6.07, 6.45) is 0.522. The van der Waals surface area contributed by atoms with Crippen LogP contribution in [0.4, 0.5) is 5.69 Å². The average molecular weight is 377 g/mol. The van der Waals surface area contributed by atoms with Gasteiger partial charge in [0.1, 0.15) is 13.2 Å². The first-order chi connectivity index (χ1) is 12.4. The molecule has 2 aliphatic rings. The molecule has 8 nitrogen and oxygen atoms in total. The van der Waals surface area contributed by atoms with Gasteiger partial charge in [0.05, 0.1) is 17.5 Å². The number of aryl methyl sites for hydroxylation is 1. The molecule has 0 spiro atoms. The lowest BCUT2D eigenvalue weighted by Crippen LogP contribution is -2.17. The number of anilines is 1. The Hall–Kier alpha value is -2.55. The number of hydrogen-bond donors (Lipinski definition) is 1. The van der Waals surface area contributed by atoms with Crippen LogP contribution in [0.25, 0.3) is 0 Å². The molecule has 0 bridgehead atoms. The normalized spacial score (nSPS) is 20.7. The monoisotopic (exact) mass is 377 g/mol. The number of fused-ring (bicyclic) bond motifs is 1. The van der Waals surface area contributed by atoms with E-state index >= 15 is 0 Å². The molecule has 1 N–H and O–H groups in total. The molecule has 26 heavy (non-hydrogen) atoms. The van der Waals surface area contributed by atoms with Crippen LogP contribution in [0.1, 0.15) is 28.6 Å². The molecule has 0 saturated carbocycles. The number of carbonyl (C=O) groups is 1. The van der Waals surface area contributed by atoms with Crippen LogP contribution in [0.3, 0.4) is 0 Å². The van der Waals surface area contributed by atoms with Crippen molar-refractivity contribution in [1.29, 1.82) is 0 Å². The van der Waals surface area contributed by atoms with Crippen LogP contribution in [0.5, 0.6) is 11.5 Å². The Bertz CT molecular complexity index is 967. The number of amides is 1. The number of rotatable bonds is 3. The summed E-state index contributed by atoms with van der Waals surface area (Å²) < 4.78 is 36.0. The zero-order valence-corrected chi connectivity index (χ0v) is 15.1. The first kappa shape index (κ1) is 16.9. The van der Waals surface area contributed by atoms with Crippen molar-refractivity contribution in [1.82, 2.24) is 9.78 Å². The zero-order valence-electron chi connectivity index (χ0n) is 14.3. The van der Waals surface area contributed by atoms with Crippen LogP contribution in [0, 0.1) is 6.92 Å². The molecule has 2 aliphatic heterocycles. The first-order valence-corrected chi connectivity index (χ1v) is 10.2. The highest BCUT2D eigenvalue weighted by molar-refractivity contribution is 7.91. The molecule has 1 fully saturated rings. The third-order valence-electron chi connectivity index (χ3n) is 4.51. The van der Waals surface area contributed by atoms with Crippen molar-refractivity contribution >= 4 is 21.4 Å². The summed E-state index contributed by atoms with van der Waals surface area (Å²) in [6, 6.07) is 6.64. The maximum Gasteiger partial charge on any atom is 0.276 e. The molecule has 1 aromatic carbocycles. The molecule has 0 aliphatic carbocycles. The number of ether oxygens (including phenoxy) is 2. The Kier molecular flexibility index (Phi) is 4.10. The summed E-state index contributed by atoms with van der Waals surface area (Å²) in [5.74, 6) is 1.11. The predicted molar refractivity (Wildman–Crippen MR) is 94.7 cm³/mol. The minimum Gasteiger partial charge on any atom is -0.486 e. The number of hydrogen-bond acceptors (Lipinski definition) is 6. The Morgan fingerprint density at radius 1 is 1.23 bits per heavy atom. The highest BCUT2D eigenvalue weighted by Crippen LogP contribution is 2.32. The number of benzene rings is 1. The fraction of sp³-hybridized carbons (Fsp3) is 0.412. The number of nitrogens with one attached hydrogen (secondary N) is 1. The summed E-state index contributed by atoms with van der Waals surface area (Å²) >= 11 is 0. The highest BCUT2D eigenvalue weighted by atomic mass is 32.2. The Balaban J connectivity index is 1.51. The second-order valence-electron chi connectivity index (χ2n) is 6.48. The molecule has 1 atom stereocenters. The molecular weight excluding hydrogens is 358 g/mol. The molecule has 1 saturated heterocycles. The summed E-state index contributed by atoms with van der Waals surface area (Å²) in [6.45, 7) is 2.80. The molecule has 1 unspecified atom stereocenters. The van der Waals surface area contributed by atoms with Gasteiger partial charge in [0.15, 0.2) is 27.0 Å². The molecule has 9 heteroatoms. The van der Waals surface area contributed by atoms with Crippen molar-refractivity contribution in [2.24, 2.45) is 0 Å². The van der Waals surface area contributed by atoms with Gasteiger partial charge in [0.25, 0.3) is 5.91 Å². The number of aromatic nitrogens is 2. The molecule has 0 radical (unpaired) electrons. The van der Waals surface area contributed by atoms with Crippen LogP contribution in [0.15, 0.2) is 24.3 Å². The largest absolute Gasteiger partial charge is 0.486 e. The first-order valence-electron chi connectivity index (χ1n) is 8.39. The second kappa shape index (κ2) is 6.31. The van der Waals surface area contributed by atoms with Gasteiger partial charge in [-0.05, 0) is 31.5 Å². The Morgan fingerprint density at radius 3 is 2.73 bits per heavy atom. The van der Waals surface area contributed by atoms with Crippen molar-refractivity contribution in [3.05, 3.63) is 35.7 Å². The number of carbonyl (C=O) groups excluding carboxylic acids is 1. The van der Waals surface area contributed by atoms with Crippen LogP contribution < -0.4 is 14.8 Å². The van der Waals surface area contributed by atoms with Crippen LogP contribution in [0.2, 0.25) is 0 Å². The van der Waals surface area contributed by atoms with Crippen molar-refractivity contribution in [2.75, 3.05) is 30.0 Å². The van der Waals surface area contributed by atoms with Gasteiger partial charge in [-0.1, -0.05) is 0 Å². The van der Waals surface area contributed by atoms with Gasteiger partial charge in [-0.15, -0.1) is 0 Å². The molecule has 2 aromatic rings. The van der Waals surface area contributed by atoms with E-state index < -0.39 is 9.84 Å². The lowest BCUT2D eigenvalue weighted by atomic mass is 10.2. The fourth-order valence-electron chi connectivity index (χ4n) is 3.25. The third-order valence-corrected chi connectivity index (χ3v) is 6.26. The van der Waals surface area contributed by atoms with Gasteiger partial charge >= 0.3 is 0 Å². The summed E-state index contributed by atoms with van der Waals surface area (Å²) in [5, 5.41) is 7.11. The van der Waals surface area contributed by atoms with Crippen LogP contribution in [-0.4, -0.2) is 48.8 Å². The van der Waals surface area contributed by atoms with E-state index in [4.69, 9.17) is 9.47 Å². The van der Waals surface area contributed by atoms with Crippen LogP contribution >= 0.6 is 0 Å². The molecule has 3 heterocycles. The predicted octanol–water partition coefficient (Wildman–Crippen LogP) is 1.57. The maximum absolute atomic E-state index is 12.5. The van der Waals surface area contributed by atoms with E-state index in [1.807, 2.05) is 6.92 Å². The molecule has 138 valence electrons. The number of nitrogens with zero attached hydrogens (tertiary/aromatic N) is 2. The van der Waals surface area contributed by atoms with E-state index in [0.717, 1.165) is 5.69 Å². The molecule has 1 aromatic heterocycles. The Morgan fingerprint density at radius 2 is 2.00 bits per heavy atom. The third kappa shape index (κ3) is 3.26. The highest BCUT2D eigenvalue weighted by Gasteiger charge is 2.31. The summed E-state index contributed by atoms with van der Waals surface area (Å²) in [4.78, 5) is 12.5. The van der Waals surface area contributed by atoms with Crippen molar-refractivity contribution in [3.8, 4) is 11.5 Å². The smallest absolute Gasteiger partial charge is 0.276 e. The van der Waals surface area contributed by atoms with Gasteiger partial charge in [-0.2, -0.15) is 5.10 Å². The van der Waals surface area contributed by atoms with Crippen LogP contribution in [-0.2, 0) is 9.84 Å². The van der Waals surface area contributed by atoms with Crippen molar-refractivity contribution < 1.29 is 22.7 Å². The van der Waals surface area contributed by atoms with Crippen molar-refractivity contribution in [2.45, 2.75) is 19.4 Å². The maximum atomic E-state index is 12.5. The van der Waals surface area contributed by atoms with Crippen molar-refractivity contribution in [3.63, 3.8) is 0 Å². The quantitative estimate of drug-likeness (QED) is 0.872. The number of sulfone groups is 1. The lowest BCUT2D eigenvalue weighted by Gasteiger charge is -2.18. The molecule has 1 amide bonds. The topological polar surface area (TPSA) is 99.5 Å². The summed E-state index contributed by atoms with van der Waals surface area (Å²) in [7, 11) is -3.02. The lowest BCUT2D eigenvalue weighted by molar-refractivity contribution is 0.102. The summed E-state index contributed by atoms with van der Waals surface area (Å²) in [5.41, 5.74) is 1.59. The van der Waals surface area contributed by atoms with Gasteiger partial charge in [-0.25, -0.2) is 8.42 Å². The minimum atomic E-state index is -3.02. The van der Waals surface area contributed by atoms with E-state index in [9.17, 15) is 13.2 Å².